The van der Waals surface area contributed by atoms with Gasteiger partial charge in [-0.15, -0.1) is 0 Å². The molecule has 0 bridgehead atoms. The molecule has 1 fully saturated rings. The molecule has 1 atom stereocenters. The zero-order chi connectivity index (χ0) is 12.4. The molecule has 0 aliphatic carbocycles. The summed E-state index contributed by atoms with van der Waals surface area (Å²) in [5, 5.41) is 3.89. The van der Waals surface area contributed by atoms with Crippen molar-refractivity contribution in [2.45, 2.75) is 19.9 Å². The van der Waals surface area contributed by atoms with E-state index in [-0.39, 0.29) is 11.9 Å². The van der Waals surface area contributed by atoms with Crippen LogP contribution in [0.15, 0.2) is 18.2 Å². The van der Waals surface area contributed by atoms with Crippen molar-refractivity contribution < 1.29 is 4.79 Å². The normalized spacial score (nSPS) is 20.4. The van der Waals surface area contributed by atoms with Crippen molar-refractivity contribution in [1.82, 2.24) is 10.2 Å². The molecule has 0 aromatic heterocycles. The Labute approximate surface area is 107 Å². The van der Waals surface area contributed by atoms with Crippen molar-refractivity contribution in [1.29, 1.82) is 0 Å². The fraction of sp³-hybridized carbons (Fsp3) is 0.462. The molecule has 2 rings (SSSR count). The van der Waals surface area contributed by atoms with Crippen molar-refractivity contribution in [2.75, 3.05) is 19.6 Å². The van der Waals surface area contributed by atoms with Crippen LogP contribution < -0.4 is 5.32 Å². The van der Waals surface area contributed by atoms with Gasteiger partial charge in [-0.1, -0.05) is 17.7 Å². The van der Waals surface area contributed by atoms with Crippen molar-refractivity contribution in [3.63, 3.8) is 0 Å². The Bertz CT molecular complexity index is 433. The Balaban J connectivity index is 2.26. The van der Waals surface area contributed by atoms with E-state index < -0.39 is 0 Å². The van der Waals surface area contributed by atoms with Crippen LogP contribution in [0.5, 0.6) is 0 Å². The number of rotatable bonds is 1. The van der Waals surface area contributed by atoms with E-state index in [1.807, 2.05) is 24.0 Å². The first-order valence-electron chi connectivity index (χ1n) is 5.87. The summed E-state index contributed by atoms with van der Waals surface area (Å²) in [4.78, 5) is 14.3. The molecule has 4 heteroatoms. The number of hydrogen-bond acceptors (Lipinski definition) is 2. The predicted octanol–water partition coefficient (Wildman–Crippen LogP) is 2.08. The maximum absolute atomic E-state index is 12.4. The predicted molar refractivity (Wildman–Crippen MR) is 69.6 cm³/mol. The summed E-state index contributed by atoms with van der Waals surface area (Å²) in [6.07, 6.45) is 0. The number of halogens is 1. The van der Waals surface area contributed by atoms with Gasteiger partial charge in [-0.05, 0) is 31.5 Å². The number of amides is 1. The second kappa shape index (κ2) is 5.07. The molecule has 0 saturated carbocycles. The first-order valence-corrected chi connectivity index (χ1v) is 6.25. The van der Waals surface area contributed by atoms with Crippen LogP contribution in [0.3, 0.4) is 0 Å². The number of benzene rings is 1. The minimum Gasteiger partial charge on any atom is -0.333 e. The Morgan fingerprint density at radius 2 is 2.29 bits per heavy atom. The van der Waals surface area contributed by atoms with Crippen molar-refractivity contribution in [3.8, 4) is 0 Å². The van der Waals surface area contributed by atoms with Crippen molar-refractivity contribution >= 4 is 17.5 Å². The van der Waals surface area contributed by atoms with Gasteiger partial charge in [0.1, 0.15) is 0 Å². The Morgan fingerprint density at radius 1 is 1.53 bits per heavy atom. The standard InChI is InChI=1S/C13H17ClN2O/c1-9-3-4-11(14)7-12(9)13(17)16-6-5-15-8-10(16)2/h3-4,7,10,15H,5-6,8H2,1-2H3. The molecule has 1 amide bonds. The SMILES string of the molecule is Cc1ccc(Cl)cc1C(=O)N1CCNCC1C. The number of carbonyl (C=O) groups is 1. The van der Waals surface area contributed by atoms with Gasteiger partial charge in [-0.2, -0.15) is 0 Å². The molecule has 1 heterocycles. The van der Waals surface area contributed by atoms with Gasteiger partial charge >= 0.3 is 0 Å². The van der Waals surface area contributed by atoms with Gasteiger partial charge in [0.05, 0.1) is 0 Å². The second-order valence-electron chi connectivity index (χ2n) is 4.51. The molecule has 1 aliphatic heterocycles. The zero-order valence-electron chi connectivity index (χ0n) is 10.2. The van der Waals surface area contributed by atoms with E-state index in [4.69, 9.17) is 11.6 Å². The number of aryl methyl sites for hydroxylation is 1. The van der Waals surface area contributed by atoms with E-state index in [1.54, 1.807) is 6.07 Å². The molecular formula is C13H17ClN2O. The first-order chi connectivity index (χ1) is 8.09. The van der Waals surface area contributed by atoms with Gasteiger partial charge in [0.2, 0.25) is 0 Å². The average molecular weight is 253 g/mol. The highest BCUT2D eigenvalue weighted by molar-refractivity contribution is 6.31. The molecule has 92 valence electrons. The van der Waals surface area contributed by atoms with Gasteiger partial charge in [-0.25, -0.2) is 0 Å². The molecule has 3 nitrogen and oxygen atoms in total. The van der Waals surface area contributed by atoms with E-state index in [2.05, 4.69) is 12.2 Å². The number of piperazine rings is 1. The van der Waals surface area contributed by atoms with Crippen LogP contribution in [0.4, 0.5) is 0 Å². The largest absolute Gasteiger partial charge is 0.333 e. The van der Waals surface area contributed by atoms with Gasteiger partial charge in [0.15, 0.2) is 0 Å². The topological polar surface area (TPSA) is 32.3 Å². The molecule has 1 aromatic carbocycles. The van der Waals surface area contributed by atoms with Crippen LogP contribution in [0, 0.1) is 6.92 Å². The van der Waals surface area contributed by atoms with Crippen LogP contribution in [0.1, 0.15) is 22.8 Å². The van der Waals surface area contributed by atoms with Crippen LogP contribution in [0.2, 0.25) is 5.02 Å². The zero-order valence-corrected chi connectivity index (χ0v) is 10.9. The third-order valence-electron chi connectivity index (χ3n) is 3.19. The van der Waals surface area contributed by atoms with Crippen molar-refractivity contribution in [2.24, 2.45) is 0 Å². The molecule has 1 N–H and O–H groups in total. The molecular weight excluding hydrogens is 236 g/mol. The summed E-state index contributed by atoms with van der Waals surface area (Å²) < 4.78 is 0. The lowest BCUT2D eigenvalue weighted by Crippen LogP contribution is -2.52. The molecule has 1 saturated heterocycles. The summed E-state index contributed by atoms with van der Waals surface area (Å²) >= 11 is 5.95. The van der Waals surface area contributed by atoms with E-state index >= 15 is 0 Å². The smallest absolute Gasteiger partial charge is 0.254 e. The summed E-state index contributed by atoms with van der Waals surface area (Å²) in [7, 11) is 0. The average Bonchev–Trinajstić information content (AvgIpc) is 2.32. The van der Waals surface area contributed by atoms with Crippen LogP contribution >= 0.6 is 11.6 Å². The molecule has 0 radical (unpaired) electrons. The third-order valence-corrected chi connectivity index (χ3v) is 3.43. The van der Waals surface area contributed by atoms with Crippen LogP contribution in [-0.4, -0.2) is 36.5 Å². The number of hydrogen-bond donors (Lipinski definition) is 1. The van der Waals surface area contributed by atoms with Crippen LogP contribution in [0.25, 0.3) is 0 Å². The van der Waals surface area contributed by atoms with E-state index in [9.17, 15) is 4.79 Å². The summed E-state index contributed by atoms with van der Waals surface area (Å²) in [5.74, 6) is 0.0824. The monoisotopic (exact) mass is 252 g/mol. The highest BCUT2D eigenvalue weighted by Gasteiger charge is 2.24. The highest BCUT2D eigenvalue weighted by Crippen LogP contribution is 2.18. The van der Waals surface area contributed by atoms with Gasteiger partial charge < -0.3 is 10.2 Å². The summed E-state index contributed by atoms with van der Waals surface area (Å²) in [6.45, 7) is 6.47. The van der Waals surface area contributed by atoms with Crippen molar-refractivity contribution in [3.05, 3.63) is 34.3 Å². The highest BCUT2D eigenvalue weighted by atomic mass is 35.5. The lowest BCUT2D eigenvalue weighted by Gasteiger charge is -2.34. The Morgan fingerprint density at radius 3 is 3.00 bits per heavy atom. The fourth-order valence-electron chi connectivity index (χ4n) is 2.12. The molecule has 1 aliphatic rings. The summed E-state index contributed by atoms with van der Waals surface area (Å²) in [5.41, 5.74) is 1.69. The quantitative estimate of drug-likeness (QED) is 0.830. The maximum atomic E-state index is 12.4. The minimum absolute atomic E-state index is 0.0824. The molecule has 17 heavy (non-hydrogen) atoms. The summed E-state index contributed by atoms with van der Waals surface area (Å²) in [6, 6.07) is 5.69. The van der Waals surface area contributed by atoms with Gasteiger partial charge in [-0.3, -0.25) is 4.79 Å². The molecule has 1 unspecified atom stereocenters. The second-order valence-corrected chi connectivity index (χ2v) is 4.95. The Hall–Kier alpha value is -1.06. The maximum Gasteiger partial charge on any atom is 0.254 e. The lowest BCUT2D eigenvalue weighted by molar-refractivity contribution is 0.0655. The van der Waals surface area contributed by atoms with Crippen LogP contribution in [-0.2, 0) is 0 Å². The number of nitrogens with zero attached hydrogens (tertiary/aromatic N) is 1. The minimum atomic E-state index is 0.0824. The lowest BCUT2D eigenvalue weighted by atomic mass is 10.1. The molecule has 1 aromatic rings. The van der Waals surface area contributed by atoms with Gasteiger partial charge in [0.25, 0.3) is 5.91 Å². The van der Waals surface area contributed by atoms with Gasteiger partial charge in [0, 0.05) is 36.3 Å². The van der Waals surface area contributed by atoms with E-state index in [0.29, 0.717) is 10.6 Å². The fourth-order valence-corrected chi connectivity index (χ4v) is 2.29. The Kier molecular flexibility index (Phi) is 3.69. The van der Waals surface area contributed by atoms with E-state index in [0.717, 1.165) is 25.2 Å². The molecule has 0 spiro atoms. The van der Waals surface area contributed by atoms with E-state index in [1.165, 1.54) is 0 Å². The third kappa shape index (κ3) is 2.61. The number of carbonyl (C=O) groups excluding carboxylic acids is 1. The first kappa shape index (κ1) is 12.4. The number of nitrogens with one attached hydrogen (secondary N) is 1.